The molecule has 136 valence electrons. The van der Waals surface area contributed by atoms with Crippen LogP contribution in [0.5, 0.6) is 0 Å². The largest absolute Gasteiger partial charge is 0.466 e. The third kappa shape index (κ3) is 5.30. The van der Waals surface area contributed by atoms with Gasteiger partial charge in [0.05, 0.1) is 30.0 Å². The molecule has 2 aromatic rings. The van der Waals surface area contributed by atoms with Crippen molar-refractivity contribution in [2.45, 2.75) is 13.3 Å². The maximum atomic E-state index is 12.2. The second kappa shape index (κ2) is 9.16. The Bertz CT molecular complexity index is 790. The third-order valence-electron chi connectivity index (χ3n) is 3.39. The number of hydrogen-bond donors (Lipinski definition) is 3. The van der Waals surface area contributed by atoms with Crippen molar-refractivity contribution in [3.8, 4) is 0 Å². The normalized spacial score (nSPS) is 10.0. The molecule has 4 N–H and O–H groups in total. The van der Waals surface area contributed by atoms with Crippen LogP contribution in [0.25, 0.3) is 0 Å². The van der Waals surface area contributed by atoms with Gasteiger partial charge in [-0.15, -0.1) is 0 Å². The molecule has 8 heteroatoms. The molecule has 0 aliphatic rings. The van der Waals surface area contributed by atoms with Gasteiger partial charge in [0, 0.05) is 12.7 Å². The highest BCUT2D eigenvalue weighted by atomic mass is 16.5. The highest BCUT2D eigenvalue weighted by Gasteiger charge is 2.12. The van der Waals surface area contributed by atoms with E-state index in [1.165, 1.54) is 18.3 Å². The summed E-state index contributed by atoms with van der Waals surface area (Å²) in [5.41, 5.74) is 7.14. The van der Waals surface area contributed by atoms with Gasteiger partial charge in [0.2, 0.25) is 0 Å². The summed E-state index contributed by atoms with van der Waals surface area (Å²) < 4.78 is 4.77. The molecule has 0 radical (unpaired) electrons. The average Bonchev–Trinajstić information content (AvgIpc) is 2.64. The molecular formula is C18H20N4O4. The van der Waals surface area contributed by atoms with E-state index in [4.69, 9.17) is 10.5 Å². The summed E-state index contributed by atoms with van der Waals surface area (Å²) in [7, 11) is 0. The van der Waals surface area contributed by atoms with E-state index in [-0.39, 0.29) is 36.1 Å². The number of aromatic nitrogens is 1. The van der Waals surface area contributed by atoms with Gasteiger partial charge >= 0.3 is 5.97 Å². The fraction of sp³-hybridized carbons (Fsp3) is 0.222. The number of pyridine rings is 1. The topological polar surface area (TPSA) is 123 Å². The smallest absolute Gasteiger partial charge is 0.307 e. The van der Waals surface area contributed by atoms with Gasteiger partial charge in [-0.05, 0) is 31.2 Å². The molecule has 0 saturated heterocycles. The minimum Gasteiger partial charge on any atom is -0.466 e. The summed E-state index contributed by atoms with van der Waals surface area (Å²) in [5.74, 6) is -1.20. The predicted molar refractivity (Wildman–Crippen MR) is 96.6 cm³/mol. The number of nitrogens with two attached hydrogens (primary N) is 1. The molecule has 1 aromatic heterocycles. The molecule has 1 aromatic carbocycles. The van der Waals surface area contributed by atoms with Crippen molar-refractivity contribution < 1.29 is 19.1 Å². The van der Waals surface area contributed by atoms with Crippen LogP contribution in [0.15, 0.2) is 42.6 Å². The highest BCUT2D eigenvalue weighted by molar-refractivity contribution is 6.05. The Morgan fingerprint density at radius 1 is 1.12 bits per heavy atom. The molecule has 8 nitrogen and oxygen atoms in total. The first-order chi connectivity index (χ1) is 12.5. The van der Waals surface area contributed by atoms with Crippen molar-refractivity contribution in [3.63, 3.8) is 0 Å². The van der Waals surface area contributed by atoms with Crippen molar-refractivity contribution in [1.82, 2.24) is 10.3 Å². The number of nitrogens with zero attached hydrogens (tertiary/aromatic N) is 1. The van der Waals surface area contributed by atoms with Crippen LogP contribution >= 0.6 is 0 Å². The zero-order valence-corrected chi connectivity index (χ0v) is 14.3. The fourth-order valence-electron chi connectivity index (χ4n) is 2.07. The number of benzene rings is 1. The molecular weight excluding hydrogens is 336 g/mol. The SMILES string of the molecule is CCOC(=O)CCNC(=O)c1ccc(C(=O)Nc2ccccc2N)nc1. The number of rotatable bonds is 7. The summed E-state index contributed by atoms with van der Waals surface area (Å²) in [6, 6.07) is 9.79. The summed E-state index contributed by atoms with van der Waals surface area (Å²) in [5, 5.41) is 5.24. The van der Waals surface area contributed by atoms with Crippen LogP contribution in [-0.2, 0) is 9.53 Å². The van der Waals surface area contributed by atoms with E-state index < -0.39 is 5.91 Å². The Balaban J connectivity index is 1.91. The minimum absolute atomic E-state index is 0.0893. The van der Waals surface area contributed by atoms with Gasteiger partial charge in [0.25, 0.3) is 11.8 Å². The lowest BCUT2D eigenvalue weighted by Crippen LogP contribution is -2.26. The van der Waals surface area contributed by atoms with E-state index in [2.05, 4.69) is 15.6 Å². The summed E-state index contributed by atoms with van der Waals surface area (Å²) in [4.78, 5) is 39.4. The first-order valence-electron chi connectivity index (χ1n) is 8.07. The van der Waals surface area contributed by atoms with Crippen molar-refractivity contribution in [3.05, 3.63) is 53.9 Å². The van der Waals surface area contributed by atoms with E-state index in [9.17, 15) is 14.4 Å². The van der Waals surface area contributed by atoms with Gasteiger partial charge in [-0.2, -0.15) is 0 Å². The lowest BCUT2D eigenvalue weighted by Gasteiger charge is -2.08. The number of ether oxygens (including phenoxy) is 1. The quantitative estimate of drug-likeness (QED) is 0.511. The van der Waals surface area contributed by atoms with Crippen molar-refractivity contribution in [1.29, 1.82) is 0 Å². The molecule has 0 aliphatic heterocycles. The number of carbonyl (C=O) groups is 3. The number of nitrogen functional groups attached to an aromatic ring is 1. The lowest BCUT2D eigenvalue weighted by molar-refractivity contribution is -0.142. The maximum Gasteiger partial charge on any atom is 0.307 e. The zero-order valence-electron chi connectivity index (χ0n) is 14.3. The Kier molecular flexibility index (Phi) is 6.67. The molecule has 1 heterocycles. The van der Waals surface area contributed by atoms with Gasteiger partial charge in [-0.25, -0.2) is 0 Å². The van der Waals surface area contributed by atoms with Crippen molar-refractivity contribution in [2.75, 3.05) is 24.2 Å². The minimum atomic E-state index is -0.433. The van der Waals surface area contributed by atoms with Gasteiger partial charge in [0.1, 0.15) is 5.69 Å². The van der Waals surface area contributed by atoms with Gasteiger partial charge in [-0.1, -0.05) is 12.1 Å². The van der Waals surface area contributed by atoms with Gasteiger partial charge < -0.3 is 21.1 Å². The Morgan fingerprint density at radius 3 is 2.54 bits per heavy atom. The maximum absolute atomic E-state index is 12.2. The second-order valence-electron chi connectivity index (χ2n) is 5.28. The first kappa shape index (κ1) is 18.9. The lowest BCUT2D eigenvalue weighted by atomic mass is 10.2. The van der Waals surface area contributed by atoms with E-state index in [0.29, 0.717) is 18.0 Å². The molecule has 0 saturated carbocycles. The number of carbonyl (C=O) groups excluding carboxylic acids is 3. The number of nitrogens with one attached hydrogen (secondary N) is 2. The van der Waals surface area contributed by atoms with Crippen LogP contribution in [0.1, 0.15) is 34.2 Å². The molecule has 0 spiro atoms. The standard InChI is InChI=1S/C18H20N4O4/c1-2-26-16(23)9-10-20-17(24)12-7-8-15(21-11-12)18(25)22-14-6-4-3-5-13(14)19/h3-8,11H,2,9-10,19H2,1H3,(H,20,24)(H,22,25). The van der Waals surface area contributed by atoms with Crippen LogP contribution in [0.2, 0.25) is 0 Å². The van der Waals surface area contributed by atoms with E-state index in [1.54, 1.807) is 31.2 Å². The Labute approximate surface area is 150 Å². The predicted octanol–water partition coefficient (Wildman–Crippen LogP) is 1.60. The molecule has 0 bridgehead atoms. The molecule has 0 aliphatic carbocycles. The van der Waals surface area contributed by atoms with Gasteiger partial charge in [-0.3, -0.25) is 19.4 Å². The first-order valence-corrected chi connectivity index (χ1v) is 8.07. The Hall–Kier alpha value is -3.42. The summed E-state index contributed by atoms with van der Waals surface area (Å²) >= 11 is 0. The zero-order chi connectivity index (χ0) is 18.9. The summed E-state index contributed by atoms with van der Waals surface area (Å²) in [6.07, 6.45) is 1.38. The third-order valence-corrected chi connectivity index (χ3v) is 3.39. The number of amides is 2. The molecule has 0 unspecified atom stereocenters. The fourth-order valence-corrected chi connectivity index (χ4v) is 2.07. The van der Waals surface area contributed by atoms with Crippen LogP contribution in [-0.4, -0.2) is 35.9 Å². The van der Waals surface area contributed by atoms with E-state index >= 15 is 0 Å². The van der Waals surface area contributed by atoms with Gasteiger partial charge in [0.15, 0.2) is 0 Å². The summed E-state index contributed by atoms with van der Waals surface area (Å²) in [6.45, 7) is 2.17. The molecule has 0 atom stereocenters. The molecule has 26 heavy (non-hydrogen) atoms. The number of hydrogen-bond acceptors (Lipinski definition) is 6. The van der Waals surface area contributed by atoms with E-state index in [1.807, 2.05) is 0 Å². The number of para-hydroxylation sites is 2. The Morgan fingerprint density at radius 2 is 1.88 bits per heavy atom. The molecule has 2 amide bonds. The number of anilines is 2. The van der Waals surface area contributed by atoms with Crippen molar-refractivity contribution >= 4 is 29.2 Å². The number of esters is 1. The average molecular weight is 356 g/mol. The monoisotopic (exact) mass is 356 g/mol. The second-order valence-corrected chi connectivity index (χ2v) is 5.28. The molecule has 2 rings (SSSR count). The van der Waals surface area contributed by atoms with Crippen molar-refractivity contribution in [2.24, 2.45) is 0 Å². The van der Waals surface area contributed by atoms with Crippen LogP contribution in [0, 0.1) is 0 Å². The van der Waals surface area contributed by atoms with Crippen LogP contribution in [0.4, 0.5) is 11.4 Å². The van der Waals surface area contributed by atoms with Crippen LogP contribution < -0.4 is 16.4 Å². The highest BCUT2D eigenvalue weighted by Crippen LogP contribution is 2.17. The van der Waals surface area contributed by atoms with Crippen LogP contribution in [0.3, 0.4) is 0 Å². The van der Waals surface area contributed by atoms with E-state index in [0.717, 1.165) is 0 Å². The molecule has 0 fully saturated rings.